The van der Waals surface area contributed by atoms with Crippen molar-refractivity contribution in [1.82, 2.24) is 19.9 Å². The van der Waals surface area contributed by atoms with Crippen LogP contribution in [0, 0.1) is 5.82 Å². The number of pyridine rings is 1. The molecular weight excluding hydrogens is 325 g/mol. The topological polar surface area (TPSA) is 96.7 Å². The molecule has 0 aliphatic heterocycles. The second-order valence-electron chi connectivity index (χ2n) is 5.35. The standard InChI is InChI=1S/C17H12FN5O2/c18-13-4-11(5-19-9-13)12-7-21-16(22-8-12)20-6-10-2-1-3-14-15(10)25-17(24)23-14/h1-5,7-9H,6H2,(H,23,24)(H,20,21,22). The molecular formula is C17H12FN5O2. The number of H-pyrrole nitrogens is 1. The van der Waals surface area contributed by atoms with Crippen molar-refractivity contribution >= 4 is 17.0 Å². The highest BCUT2D eigenvalue weighted by molar-refractivity contribution is 5.76. The highest BCUT2D eigenvalue weighted by Crippen LogP contribution is 2.19. The summed E-state index contributed by atoms with van der Waals surface area (Å²) in [7, 11) is 0. The van der Waals surface area contributed by atoms with E-state index >= 15 is 0 Å². The summed E-state index contributed by atoms with van der Waals surface area (Å²) in [5, 5.41) is 3.06. The number of aromatic nitrogens is 4. The van der Waals surface area contributed by atoms with E-state index in [0.717, 1.165) is 11.8 Å². The van der Waals surface area contributed by atoms with Gasteiger partial charge in [0.15, 0.2) is 5.58 Å². The number of aromatic amines is 1. The predicted molar refractivity (Wildman–Crippen MR) is 89.4 cm³/mol. The molecule has 25 heavy (non-hydrogen) atoms. The van der Waals surface area contributed by atoms with E-state index < -0.39 is 11.6 Å². The first-order valence-electron chi connectivity index (χ1n) is 7.46. The highest BCUT2D eigenvalue weighted by Gasteiger charge is 2.07. The molecule has 0 saturated heterocycles. The summed E-state index contributed by atoms with van der Waals surface area (Å²) in [6.07, 6.45) is 5.86. The van der Waals surface area contributed by atoms with Gasteiger partial charge in [-0.05, 0) is 12.1 Å². The molecule has 0 atom stereocenters. The van der Waals surface area contributed by atoms with Gasteiger partial charge in [0.1, 0.15) is 5.82 Å². The van der Waals surface area contributed by atoms with E-state index in [-0.39, 0.29) is 0 Å². The van der Waals surface area contributed by atoms with Gasteiger partial charge in [0.25, 0.3) is 0 Å². The van der Waals surface area contributed by atoms with Crippen molar-refractivity contribution < 1.29 is 8.81 Å². The van der Waals surface area contributed by atoms with Gasteiger partial charge < -0.3 is 9.73 Å². The van der Waals surface area contributed by atoms with Crippen molar-refractivity contribution in [2.75, 3.05) is 5.32 Å². The molecule has 4 aromatic rings. The van der Waals surface area contributed by atoms with Gasteiger partial charge in [0.05, 0.1) is 11.7 Å². The molecule has 0 radical (unpaired) electrons. The zero-order valence-electron chi connectivity index (χ0n) is 12.9. The zero-order valence-corrected chi connectivity index (χ0v) is 12.9. The summed E-state index contributed by atoms with van der Waals surface area (Å²) >= 11 is 0. The quantitative estimate of drug-likeness (QED) is 0.594. The van der Waals surface area contributed by atoms with Crippen molar-refractivity contribution in [2.24, 2.45) is 0 Å². The number of para-hydroxylation sites is 1. The normalized spacial score (nSPS) is 10.9. The third-order valence-electron chi connectivity index (χ3n) is 3.66. The zero-order chi connectivity index (χ0) is 17.2. The van der Waals surface area contributed by atoms with Crippen LogP contribution in [0.3, 0.4) is 0 Å². The Hall–Kier alpha value is -3.55. The fraction of sp³-hybridized carbons (Fsp3) is 0.0588. The van der Waals surface area contributed by atoms with Gasteiger partial charge >= 0.3 is 5.76 Å². The molecule has 4 rings (SSSR count). The summed E-state index contributed by atoms with van der Waals surface area (Å²) < 4.78 is 18.4. The average molecular weight is 337 g/mol. The predicted octanol–water partition coefficient (Wildman–Crippen LogP) is 2.72. The highest BCUT2D eigenvalue weighted by atomic mass is 19.1. The molecule has 0 bridgehead atoms. The lowest BCUT2D eigenvalue weighted by atomic mass is 10.1. The maximum Gasteiger partial charge on any atom is 0.417 e. The largest absolute Gasteiger partial charge is 0.417 e. The average Bonchev–Trinajstić information content (AvgIpc) is 3.01. The van der Waals surface area contributed by atoms with Crippen molar-refractivity contribution in [3.63, 3.8) is 0 Å². The summed E-state index contributed by atoms with van der Waals surface area (Å²) in [5.74, 6) is -0.504. The van der Waals surface area contributed by atoms with Crippen LogP contribution in [0.4, 0.5) is 10.3 Å². The summed E-state index contributed by atoms with van der Waals surface area (Å²) in [5.41, 5.74) is 3.21. The number of hydrogen-bond donors (Lipinski definition) is 2. The Bertz CT molecular complexity index is 1090. The lowest BCUT2D eigenvalue weighted by Crippen LogP contribution is -2.03. The van der Waals surface area contributed by atoms with E-state index in [1.165, 1.54) is 6.07 Å². The number of halogens is 1. The molecule has 0 unspecified atom stereocenters. The number of rotatable bonds is 4. The van der Waals surface area contributed by atoms with Crippen LogP contribution in [0.5, 0.6) is 0 Å². The first kappa shape index (κ1) is 15.0. The van der Waals surface area contributed by atoms with E-state index in [4.69, 9.17) is 4.42 Å². The smallest absolute Gasteiger partial charge is 0.407 e. The fourth-order valence-corrected chi connectivity index (χ4v) is 2.48. The summed E-state index contributed by atoms with van der Waals surface area (Å²) in [4.78, 5) is 26.2. The minimum Gasteiger partial charge on any atom is -0.407 e. The van der Waals surface area contributed by atoms with Crippen LogP contribution >= 0.6 is 0 Å². The van der Waals surface area contributed by atoms with Crippen LogP contribution in [0.25, 0.3) is 22.2 Å². The van der Waals surface area contributed by atoms with Crippen LogP contribution in [0.2, 0.25) is 0 Å². The molecule has 0 fully saturated rings. The van der Waals surface area contributed by atoms with Crippen LogP contribution in [-0.2, 0) is 6.54 Å². The van der Waals surface area contributed by atoms with E-state index in [0.29, 0.717) is 34.7 Å². The molecule has 7 nitrogen and oxygen atoms in total. The molecule has 8 heteroatoms. The maximum absolute atomic E-state index is 13.2. The Morgan fingerprint density at radius 2 is 1.96 bits per heavy atom. The molecule has 0 spiro atoms. The first-order valence-corrected chi connectivity index (χ1v) is 7.46. The van der Waals surface area contributed by atoms with E-state index in [2.05, 4.69) is 25.3 Å². The number of anilines is 1. The number of benzene rings is 1. The third-order valence-corrected chi connectivity index (χ3v) is 3.66. The third kappa shape index (κ3) is 3.09. The van der Waals surface area contributed by atoms with Crippen LogP contribution in [0.1, 0.15) is 5.56 Å². The molecule has 0 amide bonds. The SMILES string of the molecule is O=c1[nH]c2cccc(CNc3ncc(-c4cncc(F)c4)cn3)c2o1. The Morgan fingerprint density at radius 1 is 1.12 bits per heavy atom. The Balaban J connectivity index is 1.52. The molecule has 124 valence electrons. The van der Waals surface area contributed by atoms with Crippen LogP contribution in [0.15, 0.2) is 58.3 Å². The summed E-state index contributed by atoms with van der Waals surface area (Å²) in [6, 6.07) is 6.81. The number of nitrogens with one attached hydrogen (secondary N) is 2. The van der Waals surface area contributed by atoms with Crippen molar-refractivity contribution in [3.05, 3.63) is 71.0 Å². The summed E-state index contributed by atoms with van der Waals surface area (Å²) in [6.45, 7) is 0.388. The van der Waals surface area contributed by atoms with Gasteiger partial charge in [0, 0.05) is 41.8 Å². The van der Waals surface area contributed by atoms with Crippen molar-refractivity contribution in [1.29, 1.82) is 0 Å². The number of fused-ring (bicyclic) bond motifs is 1. The fourth-order valence-electron chi connectivity index (χ4n) is 2.48. The molecule has 0 aliphatic carbocycles. The monoisotopic (exact) mass is 337 g/mol. The van der Waals surface area contributed by atoms with E-state index in [1.807, 2.05) is 12.1 Å². The Labute approximate surface area is 140 Å². The molecule has 0 saturated carbocycles. The minimum absolute atomic E-state index is 0.388. The van der Waals surface area contributed by atoms with Gasteiger partial charge in [-0.3, -0.25) is 9.97 Å². The second-order valence-corrected chi connectivity index (χ2v) is 5.35. The van der Waals surface area contributed by atoms with E-state index in [9.17, 15) is 9.18 Å². The number of nitrogens with zero attached hydrogens (tertiary/aromatic N) is 3. The molecule has 1 aromatic carbocycles. The number of hydrogen-bond acceptors (Lipinski definition) is 6. The van der Waals surface area contributed by atoms with Crippen LogP contribution < -0.4 is 11.1 Å². The molecule has 0 aliphatic rings. The molecule has 2 N–H and O–H groups in total. The Kier molecular flexibility index (Phi) is 3.70. The first-order chi connectivity index (χ1) is 12.2. The second kappa shape index (κ2) is 6.16. The van der Waals surface area contributed by atoms with Crippen molar-refractivity contribution in [2.45, 2.75) is 6.54 Å². The minimum atomic E-state index is -0.494. The van der Waals surface area contributed by atoms with Gasteiger partial charge in [-0.15, -0.1) is 0 Å². The Morgan fingerprint density at radius 3 is 2.76 bits per heavy atom. The van der Waals surface area contributed by atoms with Gasteiger partial charge in [-0.2, -0.15) is 0 Å². The molecule has 3 aromatic heterocycles. The van der Waals surface area contributed by atoms with Crippen LogP contribution in [-0.4, -0.2) is 19.9 Å². The molecule has 3 heterocycles. The van der Waals surface area contributed by atoms with E-state index in [1.54, 1.807) is 24.7 Å². The van der Waals surface area contributed by atoms with Gasteiger partial charge in [-0.1, -0.05) is 12.1 Å². The van der Waals surface area contributed by atoms with Gasteiger partial charge in [-0.25, -0.2) is 19.2 Å². The lowest BCUT2D eigenvalue weighted by molar-refractivity contribution is 0.552. The van der Waals surface area contributed by atoms with Gasteiger partial charge in [0.2, 0.25) is 5.95 Å². The maximum atomic E-state index is 13.2. The lowest BCUT2D eigenvalue weighted by Gasteiger charge is -2.06. The van der Waals surface area contributed by atoms with Crippen molar-refractivity contribution in [3.8, 4) is 11.1 Å². The number of oxazole rings is 1.